The fourth-order valence-corrected chi connectivity index (χ4v) is 6.89. The van der Waals surface area contributed by atoms with Crippen LogP contribution < -0.4 is 0 Å². The van der Waals surface area contributed by atoms with Gasteiger partial charge in [0.05, 0.1) is 12.0 Å². The van der Waals surface area contributed by atoms with E-state index in [0.717, 1.165) is 18.8 Å². The Morgan fingerprint density at radius 2 is 1.79 bits per heavy atom. The van der Waals surface area contributed by atoms with Crippen molar-refractivity contribution in [2.75, 3.05) is 0 Å². The Morgan fingerprint density at radius 3 is 2.42 bits per heavy atom. The molecule has 0 radical (unpaired) electrons. The molecule has 0 aromatic carbocycles. The molecule has 0 spiro atoms. The van der Waals surface area contributed by atoms with Crippen LogP contribution in [0.15, 0.2) is 0 Å². The molecule has 4 fully saturated rings. The second-order valence-electron chi connectivity index (χ2n) is 7.87. The molecule has 0 saturated heterocycles. The van der Waals surface area contributed by atoms with E-state index >= 15 is 0 Å². The summed E-state index contributed by atoms with van der Waals surface area (Å²) in [5.41, 5.74) is 0. The lowest BCUT2D eigenvalue weighted by atomic mass is 9.60. The number of hydrogen-bond donors (Lipinski definition) is 2. The molecule has 106 valence electrons. The largest absolute Gasteiger partial charge is 0.481 e. The third kappa shape index (κ3) is 1.35. The zero-order valence-electron chi connectivity index (χ0n) is 11.7. The van der Waals surface area contributed by atoms with Crippen LogP contribution in [0.5, 0.6) is 0 Å². The van der Waals surface area contributed by atoms with Gasteiger partial charge >= 0.3 is 5.97 Å². The Hall–Kier alpha value is -0.570. The summed E-state index contributed by atoms with van der Waals surface area (Å²) in [5, 5.41) is 19.8. The fraction of sp³-hybridized carbons (Fsp3) is 0.938. The SMILES string of the molecule is CC(C)C1C2CC(C1C(=O)O)C1C3CC(CC3O)C21. The van der Waals surface area contributed by atoms with E-state index in [2.05, 4.69) is 13.8 Å². The van der Waals surface area contributed by atoms with Gasteiger partial charge < -0.3 is 10.2 Å². The summed E-state index contributed by atoms with van der Waals surface area (Å²) >= 11 is 0. The van der Waals surface area contributed by atoms with E-state index in [1.165, 1.54) is 6.42 Å². The van der Waals surface area contributed by atoms with E-state index in [-0.39, 0.29) is 12.0 Å². The average molecular weight is 264 g/mol. The summed E-state index contributed by atoms with van der Waals surface area (Å²) in [4.78, 5) is 11.7. The first kappa shape index (κ1) is 12.2. The number of aliphatic carboxylic acids is 1. The van der Waals surface area contributed by atoms with E-state index < -0.39 is 5.97 Å². The summed E-state index contributed by atoms with van der Waals surface area (Å²) in [6.07, 6.45) is 3.13. The summed E-state index contributed by atoms with van der Waals surface area (Å²) in [6.45, 7) is 4.39. The lowest BCUT2D eigenvalue weighted by Gasteiger charge is -2.44. The standard InChI is InChI=1S/C16H24O3/c1-6(2)12-9-5-10(15(12)16(18)19)14-8-3-7(13(9)14)4-11(8)17/h6-15,17H,3-5H2,1-2H3,(H,18,19). The Balaban J connectivity index is 1.71. The van der Waals surface area contributed by atoms with Crippen molar-refractivity contribution < 1.29 is 15.0 Å². The average Bonchev–Trinajstić information content (AvgIpc) is 3.01. The van der Waals surface area contributed by atoms with Gasteiger partial charge in [0, 0.05) is 0 Å². The highest BCUT2D eigenvalue weighted by atomic mass is 16.4. The fourth-order valence-electron chi connectivity index (χ4n) is 6.89. The van der Waals surface area contributed by atoms with Crippen molar-refractivity contribution >= 4 is 5.97 Å². The van der Waals surface area contributed by atoms with E-state index in [1.54, 1.807) is 0 Å². The topological polar surface area (TPSA) is 57.5 Å². The van der Waals surface area contributed by atoms with Gasteiger partial charge in [0.15, 0.2) is 0 Å². The van der Waals surface area contributed by atoms with E-state index in [4.69, 9.17) is 0 Å². The first-order valence-corrected chi connectivity index (χ1v) is 7.91. The molecule has 0 aromatic heterocycles. The third-order valence-corrected chi connectivity index (χ3v) is 7.05. The van der Waals surface area contributed by atoms with Gasteiger partial charge in [-0.05, 0) is 66.6 Å². The van der Waals surface area contributed by atoms with Crippen LogP contribution in [0, 0.1) is 53.3 Å². The number of carboxylic acids is 1. The van der Waals surface area contributed by atoms with Gasteiger partial charge in [0.25, 0.3) is 0 Å². The highest BCUT2D eigenvalue weighted by Crippen LogP contribution is 2.71. The molecule has 0 heterocycles. The van der Waals surface area contributed by atoms with Gasteiger partial charge in [-0.15, -0.1) is 0 Å². The van der Waals surface area contributed by atoms with Crippen LogP contribution in [0.4, 0.5) is 0 Å². The zero-order chi connectivity index (χ0) is 13.5. The quantitative estimate of drug-likeness (QED) is 0.752. The second-order valence-corrected chi connectivity index (χ2v) is 7.87. The summed E-state index contributed by atoms with van der Waals surface area (Å²) in [7, 11) is 0. The molecule has 3 heteroatoms. The maximum Gasteiger partial charge on any atom is 0.307 e. The molecule has 9 unspecified atom stereocenters. The predicted molar refractivity (Wildman–Crippen MR) is 70.3 cm³/mol. The Kier molecular flexibility index (Phi) is 2.41. The van der Waals surface area contributed by atoms with Crippen LogP contribution in [0.1, 0.15) is 33.1 Å². The summed E-state index contributed by atoms with van der Waals surface area (Å²) in [6, 6.07) is 0. The van der Waals surface area contributed by atoms with Crippen LogP contribution in [0.25, 0.3) is 0 Å². The normalized spacial score (nSPS) is 58.0. The van der Waals surface area contributed by atoms with Crippen LogP contribution in [-0.2, 0) is 4.79 Å². The van der Waals surface area contributed by atoms with Gasteiger partial charge in [-0.1, -0.05) is 13.8 Å². The van der Waals surface area contributed by atoms with Crippen molar-refractivity contribution in [3.05, 3.63) is 0 Å². The molecule has 9 atom stereocenters. The molecule has 19 heavy (non-hydrogen) atoms. The molecule has 4 aliphatic rings. The molecule has 0 amide bonds. The van der Waals surface area contributed by atoms with Gasteiger partial charge in [0.2, 0.25) is 0 Å². The van der Waals surface area contributed by atoms with Crippen LogP contribution in [0.3, 0.4) is 0 Å². The van der Waals surface area contributed by atoms with Crippen LogP contribution >= 0.6 is 0 Å². The number of rotatable bonds is 2. The van der Waals surface area contributed by atoms with E-state index in [9.17, 15) is 15.0 Å². The van der Waals surface area contributed by atoms with Crippen molar-refractivity contribution in [2.24, 2.45) is 53.3 Å². The first-order chi connectivity index (χ1) is 9.00. The van der Waals surface area contributed by atoms with Crippen molar-refractivity contribution in [1.82, 2.24) is 0 Å². The zero-order valence-corrected chi connectivity index (χ0v) is 11.7. The maximum atomic E-state index is 11.7. The molecule has 4 saturated carbocycles. The molecule has 4 aliphatic carbocycles. The molecule has 3 nitrogen and oxygen atoms in total. The molecule has 4 rings (SSSR count). The molecule has 0 aliphatic heterocycles. The number of carboxylic acid groups (broad SMARTS) is 1. The van der Waals surface area contributed by atoms with Crippen molar-refractivity contribution in [1.29, 1.82) is 0 Å². The Bertz CT molecular complexity index is 418. The molecule has 0 aromatic rings. The monoisotopic (exact) mass is 264 g/mol. The lowest BCUT2D eigenvalue weighted by Crippen LogP contribution is -2.45. The molecule has 4 bridgehead atoms. The van der Waals surface area contributed by atoms with Crippen LogP contribution in [0.2, 0.25) is 0 Å². The first-order valence-electron chi connectivity index (χ1n) is 7.91. The van der Waals surface area contributed by atoms with Gasteiger partial charge in [-0.2, -0.15) is 0 Å². The Labute approximate surface area is 114 Å². The maximum absolute atomic E-state index is 11.7. The predicted octanol–water partition coefficient (Wildman–Crippen LogP) is 2.24. The smallest absolute Gasteiger partial charge is 0.307 e. The second kappa shape index (κ2) is 3.75. The molecular weight excluding hydrogens is 240 g/mol. The highest BCUT2D eigenvalue weighted by molar-refractivity contribution is 5.72. The minimum atomic E-state index is -0.582. The Morgan fingerprint density at radius 1 is 1.05 bits per heavy atom. The molecule has 2 N–H and O–H groups in total. The summed E-state index contributed by atoms with van der Waals surface area (Å²) in [5.74, 6) is 3.47. The van der Waals surface area contributed by atoms with Crippen molar-refractivity contribution in [2.45, 2.75) is 39.2 Å². The number of aliphatic hydroxyl groups excluding tert-OH is 1. The van der Waals surface area contributed by atoms with Crippen molar-refractivity contribution in [3.8, 4) is 0 Å². The number of aliphatic hydroxyl groups is 1. The van der Waals surface area contributed by atoms with Gasteiger partial charge in [-0.3, -0.25) is 4.79 Å². The number of carbonyl (C=O) groups is 1. The van der Waals surface area contributed by atoms with Crippen molar-refractivity contribution in [3.63, 3.8) is 0 Å². The van der Waals surface area contributed by atoms with E-state index in [1.807, 2.05) is 0 Å². The number of fused-ring (bicyclic) bond motifs is 9. The minimum Gasteiger partial charge on any atom is -0.481 e. The van der Waals surface area contributed by atoms with Gasteiger partial charge in [0.1, 0.15) is 0 Å². The van der Waals surface area contributed by atoms with Crippen LogP contribution in [-0.4, -0.2) is 22.3 Å². The number of hydrogen-bond acceptors (Lipinski definition) is 2. The summed E-state index contributed by atoms with van der Waals surface area (Å²) < 4.78 is 0. The molecular formula is C16H24O3. The minimum absolute atomic E-state index is 0.141. The van der Waals surface area contributed by atoms with E-state index in [0.29, 0.717) is 41.4 Å². The van der Waals surface area contributed by atoms with Gasteiger partial charge in [-0.25, -0.2) is 0 Å². The highest BCUT2D eigenvalue weighted by Gasteiger charge is 2.68. The third-order valence-electron chi connectivity index (χ3n) is 7.05. The lowest BCUT2D eigenvalue weighted by molar-refractivity contribution is -0.150.